The first kappa shape index (κ1) is 28.6. The van der Waals surface area contributed by atoms with Crippen LogP contribution in [0.1, 0.15) is 42.2 Å². The van der Waals surface area contributed by atoms with Gasteiger partial charge in [0.05, 0.1) is 33.8 Å². The SMILES string of the molecule is Cc1cccc2c1C(=O)N(c1ccc(C[C@H](NC(=O)c3c(-n4nnnc4Cl)cccc3-n3nnnc3Cl)C(=O)O)cc1)C2=O. The maximum atomic E-state index is 13.7. The van der Waals surface area contributed by atoms with Crippen LogP contribution in [0.3, 0.4) is 0 Å². The van der Waals surface area contributed by atoms with Gasteiger partial charge in [-0.15, -0.1) is 0 Å². The maximum absolute atomic E-state index is 13.7. The molecular weight excluding hydrogens is 615 g/mol. The number of rotatable bonds is 8. The van der Waals surface area contributed by atoms with Gasteiger partial charge in [0.15, 0.2) is 0 Å². The summed E-state index contributed by atoms with van der Waals surface area (Å²) in [7, 11) is 0. The summed E-state index contributed by atoms with van der Waals surface area (Å²) in [4.78, 5) is 53.1. The summed E-state index contributed by atoms with van der Waals surface area (Å²) in [6, 6.07) is 14.4. The Morgan fingerprint density at radius 1 is 0.864 bits per heavy atom. The summed E-state index contributed by atoms with van der Waals surface area (Å²) in [5, 5.41) is 34.1. The van der Waals surface area contributed by atoms with Crippen molar-refractivity contribution >= 4 is 52.6 Å². The van der Waals surface area contributed by atoms with Gasteiger partial charge in [0.25, 0.3) is 17.7 Å². The Kier molecular flexibility index (Phi) is 7.32. The van der Waals surface area contributed by atoms with E-state index in [1.807, 2.05) is 0 Å². The zero-order valence-electron chi connectivity index (χ0n) is 22.4. The molecule has 3 aromatic carbocycles. The number of carbonyl (C=O) groups excluding carboxylic acids is 3. The van der Waals surface area contributed by atoms with Crippen LogP contribution in [0.15, 0.2) is 60.7 Å². The topological polar surface area (TPSA) is 191 Å². The highest BCUT2D eigenvalue weighted by Crippen LogP contribution is 2.31. The van der Waals surface area contributed by atoms with Crippen molar-refractivity contribution in [2.75, 3.05) is 4.90 Å². The van der Waals surface area contributed by atoms with E-state index in [-0.39, 0.29) is 33.9 Å². The predicted octanol–water partition coefficient (Wildman–Crippen LogP) is 2.48. The minimum Gasteiger partial charge on any atom is -0.480 e. The van der Waals surface area contributed by atoms with E-state index < -0.39 is 29.7 Å². The highest BCUT2D eigenvalue weighted by Gasteiger charge is 2.37. The molecule has 15 nitrogen and oxygen atoms in total. The van der Waals surface area contributed by atoms with Crippen molar-refractivity contribution in [3.05, 3.63) is 99.0 Å². The lowest BCUT2D eigenvalue weighted by Crippen LogP contribution is -2.43. The number of nitrogens with one attached hydrogen (secondary N) is 1. The molecule has 44 heavy (non-hydrogen) atoms. The van der Waals surface area contributed by atoms with Crippen LogP contribution in [-0.2, 0) is 11.2 Å². The lowest BCUT2D eigenvalue weighted by molar-refractivity contribution is -0.139. The van der Waals surface area contributed by atoms with E-state index in [0.717, 1.165) is 14.3 Å². The monoisotopic (exact) mass is 632 g/mol. The molecule has 6 rings (SSSR count). The quantitative estimate of drug-likeness (QED) is 0.239. The first-order valence-corrected chi connectivity index (χ1v) is 13.5. The van der Waals surface area contributed by atoms with E-state index in [9.17, 15) is 24.3 Å². The molecule has 0 spiro atoms. The second-order valence-electron chi connectivity index (χ2n) is 9.57. The predicted molar refractivity (Wildman–Crippen MR) is 153 cm³/mol. The largest absolute Gasteiger partial charge is 0.480 e. The molecule has 1 atom stereocenters. The van der Waals surface area contributed by atoms with Gasteiger partial charge in [-0.05, 0) is 92.4 Å². The number of tetrazole rings is 2. The molecule has 0 radical (unpaired) electrons. The van der Waals surface area contributed by atoms with E-state index in [4.69, 9.17) is 23.2 Å². The van der Waals surface area contributed by atoms with Gasteiger partial charge in [0.1, 0.15) is 6.04 Å². The standard InChI is InChI=1S/C27H18Cl2N10O5/c1-13-4-2-5-16-20(13)24(42)37(23(16)41)15-10-8-14(9-11-15)12-17(25(43)44)30-22(40)21-18(38-26(28)31-33-35-38)6-3-7-19(21)39-27(29)32-34-36-39/h2-11,17H,12H2,1H3,(H,30,40)(H,43,44)/t17-/m0/s1. The molecule has 3 heterocycles. The van der Waals surface area contributed by atoms with Crippen LogP contribution in [-0.4, -0.2) is 75.3 Å². The number of imide groups is 1. The van der Waals surface area contributed by atoms with E-state index >= 15 is 0 Å². The highest BCUT2D eigenvalue weighted by atomic mass is 35.5. The fourth-order valence-electron chi connectivity index (χ4n) is 4.90. The van der Waals surface area contributed by atoms with Crippen molar-refractivity contribution < 1.29 is 24.3 Å². The molecule has 2 aromatic heterocycles. The number of hydrogen-bond donors (Lipinski definition) is 2. The molecule has 220 valence electrons. The number of carbonyl (C=O) groups is 4. The number of carboxylic acids is 1. The van der Waals surface area contributed by atoms with E-state index in [0.29, 0.717) is 27.9 Å². The fraction of sp³-hybridized carbons (Fsp3) is 0.111. The second kappa shape index (κ2) is 11.3. The van der Waals surface area contributed by atoms with Gasteiger partial charge >= 0.3 is 5.97 Å². The number of amides is 3. The average Bonchev–Trinajstić information content (AvgIpc) is 3.70. The maximum Gasteiger partial charge on any atom is 0.326 e. The first-order valence-electron chi connectivity index (χ1n) is 12.8. The van der Waals surface area contributed by atoms with Gasteiger partial charge in [-0.3, -0.25) is 14.4 Å². The minimum atomic E-state index is -1.41. The Labute approximate surface area is 257 Å². The summed E-state index contributed by atoms with van der Waals surface area (Å²) in [6.45, 7) is 1.76. The van der Waals surface area contributed by atoms with Crippen LogP contribution in [0, 0.1) is 6.92 Å². The van der Waals surface area contributed by atoms with Gasteiger partial charge in [0.2, 0.25) is 10.6 Å². The molecule has 1 aliphatic rings. The molecule has 5 aromatic rings. The fourth-order valence-corrected chi connectivity index (χ4v) is 5.21. The number of aliphatic carboxylic acids is 1. The average molecular weight is 633 g/mol. The smallest absolute Gasteiger partial charge is 0.326 e. The van der Waals surface area contributed by atoms with Crippen molar-refractivity contribution in [3.8, 4) is 11.4 Å². The number of anilines is 1. The van der Waals surface area contributed by atoms with Crippen LogP contribution in [0.25, 0.3) is 11.4 Å². The van der Waals surface area contributed by atoms with Crippen LogP contribution in [0.5, 0.6) is 0 Å². The number of aryl methyl sites for hydroxylation is 1. The Hall–Kier alpha value is -5.54. The van der Waals surface area contributed by atoms with Gasteiger partial charge in [-0.25, -0.2) is 9.69 Å². The Morgan fingerprint density at radius 3 is 1.98 bits per heavy atom. The van der Waals surface area contributed by atoms with E-state index in [1.54, 1.807) is 55.5 Å². The molecular formula is C27H18Cl2N10O5. The Morgan fingerprint density at radius 2 is 1.45 bits per heavy atom. The van der Waals surface area contributed by atoms with Crippen LogP contribution in [0.4, 0.5) is 5.69 Å². The molecule has 0 aliphatic carbocycles. The molecule has 1 aliphatic heterocycles. The van der Waals surface area contributed by atoms with Crippen LogP contribution < -0.4 is 10.2 Å². The third kappa shape index (κ3) is 4.93. The number of nitrogens with zero attached hydrogens (tertiary/aromatic N) is 9. The van der Waals surface area contributed by atoms with Crippen molar-refractivity contribution in [3.63, 3.8) is 0 Å². The van der Waals surface area contributed by atoms with Crippen LogP contribution in [0.2, 0.25) is 10.6 Å². The molecule has 0 unspecified atom stereocenters. The summed E-state index contributed by atoms with van der Waals surface area (Å²) in [5.41, 5.74) is 2.28. The third-order valence-corrected chi connectivity index (χ3v) is 7.40. The zero-order valence-corrected chi connectivity index (χ0v) is 23.9. The summed E-state index contributed by atoms with van der Waals surface area (Å²) in [5.74, 6) is -3.04. The number of fused-ring (bicyclic) bond motifs is 1. The Bertz CT molecular complexity index is 1920. The van der Waals surface area contributed by atoms with Gasteiger partial charge in [-0.2, -0.15) is 9.36 Å². The molecule has 3 amide bonds. The van der Waals surface area contributed by atoms with Crippen molar-refractivity contribution in [2.45, 2.75) is 19.4 Å². The lowest BCUT2D eigenvalue weighted by atomic mass is 10.0. The lowest BCUT2D eigenvalue weighted by Gasteiger charge is -2.19. The van der Waals surface area contributed by atoms with Crippen molar-refractivity contribution in [2.24, 2.45) is 0 Å². The molecule has 0 fully saturated rings. The molecule has 17 heteroatoms. The van der Waals surface area contributed by atoms with Gasteiger partial charge in [-0.1, -0.05) is 40.5 Å². The highest BCUT2D eigenvalue weighted by molar-refractivity contribution is 6.35. The summed E-state index contributed by atoms with van der Waals surface area (Å²) >= 11 is 12.2. The number of aromatic nitrogens is 8. The van der Waals surface area contributed by atoms with Gasteiger partial charge < -0.3 is 10.4 Å². The van der Waals surface area contributed by atoms with E-state index in [1.165, 1.54) is 12.1 Å². The first-order chi connectivity index (χ1) is 21.2. The molecule has 0 saturated heterocycles. The number of hydrogen-bond acceptors (Lipinski definition) is 10. The summed E-state index contributed by atoms with van der Waals surface area (Å²) in [6.07, 6.45) is -0.142. The Balaban J connectivity index is 1.28. The number of benzene rings is 3. The van der Waals surface area contributed by atoms with E-state index in [2.05, 4.69) is 36.4 Å². The third-order valence-electron chi connectivity index (χ3n) is 6.93. The molecule has 0 bridgehead atoms. The van der Waals surface area contributed by atoms with Crippen molar-refractivity contribution in [1.29, 1.82) is 0 Å². The summed E-state index contributed by atoms with van der Waals surface area (Å²) < 4.78 is 2.15. The number of halogens is 2. The van der Waals surface area contributed by atoms with Crippen LogP contribution >= 0.6 is 23.2 Å². The number of carboxylic acid groups (broad SMARTS) is 1. The molecule has 2 N–H and O–H groups in total. The van der Waals surface area contributed by atoms with Crippen molar-refractivity contribution in [1.82, 2.24) is 45.7 Å². The molecule has 0 saturated carbocycles. The minimum absolute atomic E-state index is 0.103. The van der Waals surface area contributed by atoms with Gasteiger partial charge in [0, 0.05) is 6.42 Å². The normalized spacial score (nSPS) is 13.2. The zero-order chi connectivity index (χ0) is 31.1. The second-order valence-corrected chi connectivity index (χ2v) is 10.2.